The molecular formula is C20H30O10. The van der Waals surface area contributed by atoms with Gasteiger partial charge in [-0.1, -0.05) is 0 Å². The molecule has 0 aromatic carbocycles. The van der Waals surface area contributed by atoms with Crippen molar-refractivity contribution in [3.8, 4) is 0 Å². The Morgan fingerprint density at radius 1 is 0.900 bits per heavy atom. The van der Waals surface area contributed by atoms with Crippen LogP contribution in [0.25, 0.3) is 0 Å². The maximum atomic E-state index is 11.8. The van der Waals surface area contributed by atoms with E-state index in [0.29, 0.717) is 0 Å². The van der Waals surface area contributed by atoms with Gasteiger partial charge in [0.1, 0.15) is 30.5 Å². The van der Waals surface area contributed by atoms with Gasteiger partial charge in [-0.25, -0.2) is 0 Å². The van der Waals surface area contributed by atoms with Crippen LogP contribution in [0.1, 0.15) is 66.7 Å². The van der Waals surface area contributed by atoms with Gasteiger partial charge in [-0.15, -0.1) is 0 Å². The van der Waals surface area contributed by atoms with Crippen LogP contribution in [0.5, 0.6) is 0 Å². The standard InChI is InChI=1S/C20H30O10/c1-11(26-12(2)21)6-16(27-13(3)22)7-17(28-14(4)23)8-18-9-19(29-15(5)24)10-20(25)30-18/h11,16-19H,6-10H2,1-5H3/t11-,16-,17-,18-,19?/m0/s1. The fourth-order valence-electron chi connectivity index (χ4n) is 3.46. The monoisotopic (exact) mass is 430 g/mol. The van der Waals surface area contributed by atoms with E-state index in [0.717, 1.165) is 0 Å². The third-order valence-corrected chi connectivity index (χ3v) is 4.23. The fraction of sp³-hybridized carbons (Fsp3) is 0.750. The normalized spacial score (nSPS) is 21.4. The highest BCUT2D eigenvalue weighted by Gasteiger charge is 2.34. The minimum Gasteiger partial charge on any atom is -0.463 e. The van der Waals surface area contributed by atoms with Crippen LogP contribution in [0.15, 0.2) is 0 Å². The summed E-state index contributed by atoms with van der Waals surface area (Å²) in [5, 5.41) is 0. The number of hydrogen-bond acceptors (Lipinski definition) is 10. The molecule has 1 rings (SSSR count). The average Bonchev–Trinajstić information content (AvgIpc) is 2.50. The Balaban J connectivity index is 2.84. The number of rotatable bonds is 10. The van der Waals surface area contributed by atoms with Crippen LogP contribution in [-0.2, 0) is 47.7 Å². The van der Waals surface area contributed by atoms with Crippen LogP contribution in [0.2, 0.25) is 0 Å². The molecule has 0 spiro atoms. The molecule has 0 aromatic rings. The summed E-state index contributed by atoms with van der Waals surface area (Å²) < 4.78 is 26.1. The summed E-state index contributed by atoms with van der Waals surface area (Å²) in [6.07, 6.45) is -2.49. The first-order valence-electron chi connectivity index (χ1n) is 9.82. The van der Waals surface area contributed by atoms with Crippen molar-refractivity contribution in [1.29, 1.82) is 0 Å². The third kappa shape index (κ3) is 10.8. The quantitative estimate of drug-likeness (QED) is 0.372. The number of cyclic esters (lactones) is 1. The van der Waals surface area contributed by atoms with E-state index in [1.807, 2.05) is 0 Å². The molecule has 1 aliphatic heterocycles. The van der Waals surface area contributed by atoms with Gasteiger partial charge in [0, 0.05) is 53.4 Å². The van der Waals surface area contributed by atoms with E-state index in [1.54, 1.807) is 6.92 Å². The second-order valence-electron chi connectivity index (χ2n) is 7.37. The highest BCUT2D eigenvalue weighted by atomic mass is 16.6. The molecule has 0 bridgehead atoms. The molecule has 0 amide bonds. The second kappa shape index (κ2) is 12.1. The summed E-state index contributed by atoms with van der Waals surface area (Å²) in [4.78, 5) is 57.2. The molecule has 170 valence electrons. The summed E-state index contributed by atoms with van der Waals surface area (Å²) >= 11 is 0. The van der Waals surface area contributed by atoms with Gasteiger partial charge in [0.15, 0.2) is 0 Å². The fourth-order valence-corrected chi connectivity index (χ4v) is 3.46. The van der Waals surface area contributed by atoms with Gasteiger partial charge in [-0.3, -0.25) is 24.0 Å². The van der Waals surface area contributed by atoms with Crippen molar-refractivity contribution in [2.75, 3.05) is 0 Å². The summed E-state index contributed by atoms with van der Waals surface area (Å²) in [5.41, 5.74) is 0. The van der Waals surface area contributed by atoms with Crippen molar-refractivity contribution in [2.24, 2.45) is 0 Å². The molecule has 30 heavy (non-hydrogen) atoms. The number of carbonyl (C=O) groups is 5. The van der Waals surface area contributed by atoms with Crippen LogP contribution >= 0.6 is 0 Å². The Kier molecular flexibility index (Phi) is 10.3. The number of ether oxygens (including phenoxy) is 5. The lowest BCUT2D eigenvalue weighted by Crippen LogP contribution is -2.39. The van der Waals surface area contributed by atoms with Gasteiger partial charge in [0.2, 0.25) is 0 Å². The molecule has 5 atom stereocenters. The second-order valence-corrected chi connectivity index (χ2v) is 7.37. The molecular weight excluding hydrogens is 400 g/mol. The summed E-state index contributed by atoms with van der Waals surface area (Å²) in [5.74, 6) is -2.56. The van der Waals surface area contributed by atoms with Crippen molar-refractivity contribution in [2.45, 2.75) is 97.2 Å². The van der Waals surface area contributed by atoms with Crippen molar-refractivity contribution < 1.29 is 47.7 Å². The average molecular weight is 430 g/mol. The molecule has 1 fully saturated rings. The molecule has 1 aliphatic rings. The van der Waals surface area contributed by atoms with Gasteiger partial charge >= 0.3 is 29.8 Å². The Hall–Kier alpha value is -2.65. The van der Waals surface area contributed by atoms with Crippen LogP contribution in [0, 0.1) is 0 Å². The van der Waals surface area contributed by atoms with Gasteiger partial charge < -0.3 is 23.7 Å². The summed E-state index contributed by atoms with van der Waals surface area (Å²) in [6.45, 7) is 6.67. The highest BCUT2D eigenvalue weighted by molar-refractivity contribution is 5.72. The summed E-state index contributed by atoms with van der Waals surface area (Å²) in [6, 6.07) is 0. The molecule has 10 heteroatoms. The minimum absolute atomic E-state index is 0.0374. The first-order valence-corrected chi connectivity index (χ1v) is 9.82. The molecule has 0 aliphatic carbocycles. The lowest BCUT2D eigenvalue weighted by molar-refractivity contribution is -0.171. The Bertz CT molecular complexity index is 641. The number of esters is 5. The molecule has 0 aromatic heterocycles. The van der Waals surface area contributed by atoms with Gasteiger partial charge in [0.05, 0.1) is 6.42 Å². The predicted octanol–water partition coefficient (Wildman–Crippen LogP) is 1.61. The molecule has 1 unspecified atom stereocenters. The number of carbonyl (C=O) groups excluding carboxylic acids is 5. The van der Waals surface area contributed by atoms with Crippen LogP contribution in [0.3, 0.4) is 0 Å². The molecule has 1 saturated heterocycles. The van der Waals surface area contributed by atoms with E-state index in [-0.39, 0.29) is 32.1 Å². The zero-order chi connectivity index (χ0) is 22.8. The summed E-state index contributed by atoms with van der Waals surface area (Å²) in [7, 11) is 0. The zero-order valence-corrected chi connectivity index (χ0v) is 18.0. The first-order chi connectivity index (χ1) is 13.9. The molecule has 0 radical (unpaired) electrons. The number of hydrogen-bond donors (Lipinski definition) is 0. The van der Waals surface area contributed by atoms with Gasteiger partial charge in [-0.05, 0) is 6.92 Å². The first kappa shape index (κ1) is 25.4. The van der Waals surface area contributed by atoms with Crippen molar-refractivity contribution in [3.05, 3.63) is 0 Å². The molecule has 0 N–H and O–H groups in total. The van der Waals surface area contributed by atoms with Crippen LogP contribution < -0.4 is 0 Å². The van der Waals surface area contributed by atoms with E-state index >= 15 is 0 Å². The minimum atomic E-state index is -0.731. The zero-order valence-electron chi connectivity index (χ0n) is 18.0. The topological polar surface area (TPSA) is 132 Å². The van der Waals surface area contributed by atoms with E-state index < -0.39 is 60.4 Å². The highest BCUT2D eigenvalue weighted by Crippen LogP contribution is 2.25. The van der Waals surface area contributed by atoms with E-state index in [9.17, 15) is 24.0 Å². The Morgan fingerprint density at radius 2 is 1.47 bits per heavy atom. The lowest BCUT2D eigenvalue weighted by atomic mass is 9.96. The Labute approximate surface area is 175 Å². The Morgan fingerprint density at radius 3 is 2.00 bits per heavy atom. The maximum Gasteiger partial charge on any atom is 0.309 e. The molecule has 10 nitrogen and oxygen atoms in total. The van der Waals surface area contributed by atoms with Crippen LogP contribution in [-0.4, -0.2) is 60.4 Å². The third-order valence-electron chi connectivity index (χ3n) is 4.23. The largest absolute Gasteiger partial charge is 0.463 e. The van der Waals surface area contributed by atoms with Crippen molar-refractivity contribution in [1.82, 2.24) is 0 Å². The van der Waals surface area contributed by atoms with Crippen LogP contribution in [0.4, 0.5) is 0 Å². The van der Waals surface area contributed by atoms with Gasteiger partial charge in [-0.2, -0.15) is 0 Å². The smallest absolute Gasteiger partial charge is 0.309 e. The maximum absolute atomic E-state index is 11.8. The predicted molar refractivity (Wildman–Crippen MR) is 101 cm³/mol. The molecule has 1 heterocycles. The lowest BCUT2D eigenvalue weighted by Gasteiger charge is -2.31. The molecule has 0 saturated carbocycles. The van der Waals surface area contributed by atoms with E-state index in [2.05, 4.69) is 0 Å². The van der Waals surface area contributed by atoms with Gasteiger partial charge in [0.25, 0.3) is 0 Å². The van der Waals surface area contributed by atoms with Crippen molar-refractivity contribution in [3.63, 3.8) is 0 Å². The SMILES string of the molecule is CC(=O)OC1CC(=O)O[C@@H](C[C@H](C[C@H](C[C@H](C)OC(C)=O)OC(C)=O)OC(C)=O)C1. The van der Waals surface area contributed by atoms with E-state index in [4.69, 9.17) is 23.7 Å². The van der Waals surface area contributed by atoms with E-state index in [1.165, 1.54) is 27.7 Å². The van der Waals surface area contributed by atoms with Crippen molar-refractivity contribution >= 4 is 29.8 Å².